The predicted octanol–water partition coefficient (Wildman–Crippen LogP) is -2.86. The molecule has 3 saturated carbocycles. The Hall–Kier alpha value is -3.27. The third-order valence-corrected chi connectivity index (χ3v) is 24.4. The van der Waals surface area contributed by atoms with E-state index in [2.05, 4.69) is 45.2 Å². The van der Waals surface area contributed by atoms with Crippen molar-refractivity contribution in [1.82, 2.24) is 0 Å². The Labute approximate surface area is 601 Å². The van der Waals surface area contributed by atoms with E-state index in [1.165, 1.54) is 20.8 Å². The number of esters is 3. The van der Waals surface area contributed by atoms with Gasteiger partial charge < -0.3 is 137 Å². The smallest absolute Gasteiger partial charge is 0.314 e. The topological polar surface area (TPSA) is 490 Å². The summed E-state index contributed by atoms with van der Waals surface area (Å²) in [5.41, 5.74) is -2.60. The van der Waals surface area contributed by atoms with Crippen LogP contribution in [0.4, 0.5) is 0 Å². The molecule has 35 heteroatoms. The van der Waals surface area contributed by atoms with Gasteiger partial charge in [0, 0.05) is 13.8 Å². The number of hydrogen-bond acceptors (Lipinski definition) is 35. The fraction of sp³-hybridized carbons (Fsp3) is 0.899. The third-order valence-electron chi connectivity index (χ3n) is 24.4. The van der Waals surface area contributed by atoms with E-state index in [1.54, 1.807) is 6.92 Å². The summed E-state index contributed by atoms with van der Waals surface area (Å²) in [6.07, 6.45) is -41.8. The first-order valence-electron chi connectivity index (χ1n) is 35.8. The van der Waals surface area contributed by atoms with E-state index in [1.807, 2.05) is 6.92 Å². The van der Waals surface area contributed by atoms with E-state index < -0.39 is 268 Å². The highest BCUT2D eigenvalue weighted by Gasteiger charge is 2.81. The molecule has 7 saturated heterocycles. The first kappa shape index (κ1) is 81.7. The van der Waals surface area contributed by atoms with Crippen molar-refractivity contribution in [2.75, 3.05) is 47.3 Å². The van der Waals surface area contributed by atoms with Gasteiger partial charge in [-0.15, -0.1) is 6.58 Å². The molecule has 4 aliphatic carbocycles. The van der Waals surface area contributed by atoms with Crippen LogP contribution in [0.25, 0.3) is 0 Å². The van der Waals surface area contributed by atoms with Gasteiger partial charge in [0.25, 0.3) is 0 Å². The van der Waals surface area contributed by atoms with Gasteiger partial charge in [0.15, 0.2) is 55.5 Å². The highest BCUT2D eigenvalue weighted by atomic mass is 17.2. The number of rotatable bonds is 24. The molecule has 1 unspecified atom stereocenters. The quantitative estimate of drug-likeness (QED) is 0.0115. The van der Waals surface area contributed by atoms with Crippen LogP contribution in [0.3, 0.4) is 0 Å². The molecule has 7 heterocycles. The molecule has 13 N–H and O–H groups in total. The van der Waals surface area contributed by atoms with Gasteiger partial charge in [0.05, 0.1) is 70.8 Å². The number of hydrogen-bond donors (Lipinski definition) is 13. The lowest BCUT2D eigenvalue weighted by Gasteiger charge is -2.63. The number of allylic oxidation sites excluding steroid dienone is 3. The minimum absolute atomic E-state index is 0.111. The molecule has 11 rings (SSSR count). The second kappa shape index (κ2) is 32.2. The van der Waals surface area contributed by atoms with Crippen molar-refractivity contribution in [2.45, 2.75) is 304 Å². The molecule has 0 bridgehead atoms. The van der Waals surface area contributed by atoms with Crippen molar-refractivity contribution in [3.8, 4) is 0 Å². The SMILES string of the molecule is C=C(C)CCC(OC(C)=O)[C@]1(C)OC(=O)[C@]23CC=C4[C@@H](CC[C@H]5C(C)(C)[C@@H](O[C@@H]6OC[C@@H](O[C@@H]7OC[C@@H](O)[C@H](O[C@@H]8O[C@H](CO)[C@@H](O)[C@H](OOC)[C@H]8O)[C@H]7O)[C@H](O)[C@H]6O[C@@H]6O[C@H](C)[C@@H](O[C@@H]7OC[C@@H](O)[C@H](O[C@@H]8O[C@H](CO)[C@@H](O)[C@H](OOC)[C@H]8O)[C@H]7O)[C@H](O)[C@H]6O)CC[C@]45C)[C@]2(C)C[C@H](OC(C)=O)[C@H]13. The van der Waals surface area contributed by atoms with Gasteiger partial charge >= 0.3 is 17.9 Å². The summed E-state index contributed by atoms with van der Waals surface area (Å²) >= 11 is 0. The molecule has 0 radical (unpaired) electrons. The van der Waals surface area contributed by atoms with Crippen LogP contribution >= 0.6 is 0 Å². The molecule has 37 atom stereocenters. The second-order valence-corrected chi connectivity index (χ2v) is 31.2. The van der Waals surface area contributed by atoms with Gasteiger partial charge in [-0.1, -0.05) is 44.9 Å². The maximum Gasteiger partial charge on any atom is 0.314 e. The van der Waals surface area contributed by atoms with E-state index in [-0.39, 0.29) is 18.3 Å². The Bertz CT molecular complexity index is 3000. The summed E-state index contributed by atoms with van der Waals surface area (Å²) in [6.45, 7) is 17.1. The van der Waals surface area contributed by atoms with E-state index >= 15 is 4.79 Å². The molecule has 1 spiro atoms. The highest BCUT2D eigenvalue weighted by Crippen LogP contribution is 2.77. The number of aliphatic hydroxyl groups excluding tert-OH is 13. The number of carbonyl (C=O) groups excluding carboxylic acids is 3. The highest BCUT2D eigenvalue weighted by molar-refractivity contribution is 5.84. The summed E-state index contributed by atoms with van der Waals surface area (Å²) in [5, 5.41) is 146. The fourth-order valence-corrected chi connectivity index (χ4v) is 19.3. The van der Waals surface area contributed by atoms with Crippen LogP contribution in [-0.2, 0) is 105 Å². The molecular weight excluding hydrogens is 1390 g/mol. The zero-order valence-corrected chi connectivity index (χ0v) is 60.3. The van der Waals surface area contributed by atoms with Gasteiger partial charge in [-0.2, -0.15) is 0 Å². The Morgan fingerprint density at radius 3 is 1.65 bits per heavy atom. The number of aliphatic hydroxyl groups is 13. The third kappa shape index (κ3) is 14.8. The van der Waals surface area contributed by atoms with Crippen molar-refractivity contribution >= 4 is 17.9 Å². The molecule has 0 amide bonds. The Morgan fingerprint density at radius 1 is 0.587 bits per heavy atom. The Morgan fingerprint density at radius 2 is 1.12 bits per heavy atom. The normalized spacial score (nSPS) is 49.6. The number of fused-ring (bicyclic) bond motifs is 4. The molecule has 35 nitrogen and oxygen atoms in total. The largest absolute Gasteiger partial charge is 0.462 e. The minimum atomic E-state index is -2.04. The summed E-state index contributed by atoms with van der Waals surface area (Å²) < 4.78 is 91.8. The standard InChI is InChI=1S/C69H108O35/c1-27(2)13-16-41(93-30(5)73)68(10)57-35(92-29(4)72)21-67(9)32-14-15-39-65(6,7)40(18-19-66(39,8)31(32)17-20-69(57,67)64(85)102-68)97-63-56(44(78)38(26-90-63)96-58-47(81)52(33(74)24-88-58)99-61-49(83)54(103-86-11)42(76)36(22-70)94-61)101-60-46(80)45(79)51(28(3)91-60)98-59-48(82)53(34(75)25-89-59)100-62-50(84)55(104-87-12)43(77)37(23-71)95-62/h17,28,32-63,70-71,74-84H,1,13-16,18-26H2,2-12H3/t28-,32-,33-,34-,35+,36-,37-,38-,39+,40+,41?,42-,43-,44+,45-,46-,47-,48-,49-,50-,51-,52+,53+,54+,55+,56-,57-,58+,59+,60+,61+,62+,63+,66-,67+,68+,69-/m1/s1. The van der Waals surface area contributed by atoms with Gasteiger partial charge in [-0.3, -0.25) is 14.4 Å². The molecule has 11 aliphatic rings. The van der Waals surface area contributed by atoms with E-state index in [0.29, 0.717) is 44.9 Å². The van der Waals surface area contributed by atoms with Gasteiger partial charge in [-0.25, -0.2) is 19.6 Å². The first-order valence-corrected chi connectivity index (χ1v) is 35.8. The summed E-state index contributed by atoms with van der Waals surface area (Å²) in [6, 6.07) is 0. The molecule has 10 fully saturated rings. The average molecular weight is 1500 g/mol. The lowest BCUT2D eigenvalue weighted by Crippen LogP contribution is -2.66. The van der Waals surface area contributed by atoms with Gasteiger partial charge in [0.1, 0.15) is 122 Å². The minimum Gasteiger partial charge on any atom is -0.462 e. The average Bonchev–Trinajstić information content (AvgIpc) is 1.46. The van der Waals surface area contributed by atoms with Crippen LogP contribution in [0.5, 0.6) is 0 Å². The summed E-state index contributed by atoms with van der Waals surface area (Å²) in [5.74, 6) is -2.50. The maximum atomic E-state index is 15.1. The molecule has 0 aromatic carbocycles. The van der Waals surface area contributed by atoms with Crippen molar-refractivity contribution in [2.24, 2.45) is 39.4 Å². The summed E-state index contributed by atoms with van der Waals surface area (Å²) in [7, 11) is 2.23. The van der Waals surface area contributed by atoms with Gasteiger partial charge in [-0.05, 0) is 100 Å². The van der Waals surface area contributed by atoms with Crippen LogP contribution in [0.15, 0.2) is 23.8 Å². The maximum absolute atomic E-state index is 15.1. The van der Waals surface area contributed by atoms with Crippen LogP contribution < -0.4 is 0 Å². The first-order chi connectivity index (χ1) is 49.1. The van der Waals surface area contributed by atoms with Crippen LogP contribution in [0.2, 0.25) is 0 Å². The number of carbonyl (C=O) groups is 3. The van der Waals surface area contributed by atoms with Crippen molar-refractivity contribution in [3.63, 3.8) is 0 Å². The van der Waals surface area contributed by atoms with E-state index in [9.17, 15) is 76.0 Å². The van der Waals surface area contributed by atoms with Crippen LogP contribution in [0.1, 0.15) is 114 Å². The molecule has 104 heavy (non-hydrogen) atoms. The number of cyclic esters (lactones) is 1. The summed E-state index contributed by atoms with van der Waals surface area (Å²) in [4.78, 5) is 60.5. The fourth-order valence-electron chi connectivity index (χ4n) is 19.3. The Kier molecular flexibility index (Phi) is 25.3. The van der Waals surface area contributed by atoms with E-state index in [0.717, 1.165) is 25.4 Å². The molecule has 0 aromatic rings. The molecular formula is C69H108O35. The lowest BCUT2D eigenvalue weighted by molar-refractivity contribution is -0.405. The Balaban J connectivity index is 0.835. The van der Waals surface area contributed by atoms with Crippen molar-refractivity contribution in [1.29, 1.82) is 0 Å². The molecule has 0 aromatic heterocycles. The van der Waals surface area contributed by atoms with Crippen molar-refractivity contribution in [3.05, 3.63) is 23.8 Å². The van der Waals surface area contributed by atoms with Gasteiger partial charge in [0.2, 0.25) is 0 Å². The second-order valence-electron chi connectivity index (χ2n) is 31.2. The zero-order valence-electron chi connectivity index (χ0n) is 60.3. The predicted molar refractivity (Wildman–Crippen MR) is 342 cm³/mol. The zero-order chi connectivity index (χ0) is 75.8. The van der Waals surface area contributed by atoms with Crippen LogP contribution in [-0.4, -0.2) is 321 Å². The van der Waals surface area contributed by atoms with Crippen LogP contribution in [0, 0.1) is 39.4 Å². The molecule has 594 valence electrons. The monoisotopic (exact) mass is 1500 g/mol. The van der Waals surface area contributed by atoms with E-state index in [4.69, 9.17) is 85.7 Å². The number of ether oxygens (including phenoxy) is 15. The van der Waals surface area contributed by atoms with Crippen molar-refractivity contribution < 1.29 is 171 Å². The molecule has 7 aliphatic heterocycles. The lowest BCUT2D eigenvalue weighted by atomic mass is 9.41.